The summed E-state index contributed by atoms with van der Waals surface area (Å²) in [5.74, 6) is 0. The number of hydrogen-bond donors (Lipinski definition) is 0. The van der Waals surface area contributed by atoms with Gasteiger partial charge in [0, 0.05) is 38.7 Å². The maximum Gasteiger partial charge on any atom is 0.0794 e. The summed E-state index contributed by atoms with van der Waals surface area (Å²) in [7, 11) is 0. The van der Waals surface area contributed by atoms with Crippen LogP contribution in [0, 0.1) is 0 Å². The molecule has 2 nitrogen and oxygen atoms in total. The molecular weight excluding hydrogens is 737 g/mol. The average Bonchev–Trinajstić information content (AvgIpc) is 3.55. The van der Waals surface area contributed by atoms with Crippen molar-refractivity contribution in [1.29, 1.82) is 0 Å². The van der Waals surface area contributed by atoms with Crippen molar-refractivity contribution in [2.24, 2.45) is 0 Å². The van der Waals surface area contributed by atoms with Crippen molar-refractivity contribution in [3.63, 3.8) is 0 Å². The van der Waals surface area contributed by atoms with Gasteiger partial charge in [-0.15, -0.1) is 0 Å². The molecule has 0 saturated heterocycles. The molecule has 0 bridgehead atoms. The number of fused-ring (bicyclic) bond motifs is 8. The first-order chi connectivity index (χ1) is 29.7. The smallest absolute Gasteiger partial charge is 0.0794 e. The number of rotatable bonds is 4. The zero-order chi connectivity index (χ0) is 41.5. The number of nitrogens with zero attached hydrogens (tertiary/aromatic N) is 2. The molecule has 11 rings (SSSR count). The standard InChI is InChI=1S/C59H46N2/c1-37-15-7-6-8-16-40-27-28-42(34-53(40)58(37,2)3)56-36-50(39-25-23-38(24-26-39)43-31-32-60-55-22-14-12-19-47(43)55)51-35-49(44-17-9-10-20-48(44)57(51)61-56)41-29-30-46-45-18-11-13-21-52(45)59(4,5)54(46)33-41/h6-15,17-36H,1,16H2,2-5H3/b8-6-,15-7-. The van der Waals surface area contributed by atoms with Crippen LogP contribution in [0.5, 0.6) is 0 Å². The summed E-state index contributed by atoms with van der Waals surface area (Å²) in [5.41, 5.74) is 19.9. The Morgan fingerprint density at radius 2 is 1.13 bits per heavy atom. The monoisotopic (exact) mass is 782 g/mol. The predicted molar refractivity (Wildman–Crippen MR) is 258 cm³/mol. The lowest BCUT2D eigenvalue weighted by atomic mass is 9.75. The van der Waals surface area contributed by atoms with Gasteiger partial charge >= 0.3 is 0 Å². The molecule has 2 aliphatic rings. The molecule has 0 saturated carbocycles. The Balaban J connectivity index is 1.14. The van der Waals surface area contributed by atoms with Crippen molar-refractivity contribution in [3.05, 3.63) is 217 Å². The normalized spacial score (nSPS) is 16.0. The van der Waals surface area contributed by atoms with E-state index in [1.807, 2.05) is 12.3 Å². The van der Waals surface area contributed by atoms with E-state index in [1.54, 1.807) is 0 Å². The van der Waals surface area contributed by atoms with Crippen molar-refractivity contribution in [2.75, 3.05) is 0 Å². The summed E-state index contributed by atoms with van der Waals surface area (Å²) >= 11 is 0. The van der Waals surface area contributed by atoms with Gasteiger partial charge in [0.25, 0.3) is 0 Å². The van der Waals surface area contributed by atoms with Crippen LogP contribution < -0.4 is 0 Å². The largest absolute Gasteiger partial charge is 0.256 e. The van der Waals surface area contributed by atoms with Crippen molar-refractivity contribution in [1.82, 2.24) is 9.97 Å². The van der Waals surface area contributed by atoms with Gasteiger partial charge in [0.15, 0.2) is 0 Å². The van der Waals surface area contributed by atoms with Crippen molar-refractivity contribution >= 4 is 32.6 Å². The van der Waals surface area contributed by atoms with Crippen LogP contribution in [0.2, 0.25) is 0 Å². The summed E-state index contributed by atoms with van der Waals surface area (Å²) in [4.78, 5) is 10.3. The van der Waals surface area contributed by atoms with Gasteiger partial charge in [0.05, 0.1) is 16.7 Å². The highest BCUT2D eigenvalue weighted by atomic mass is 14.7. The molecule has 2 heterocycles. The van der Waals surface area contributed by atoms with Crippen molar-refractivity contribution < 1.29 is 0 Å². The van der Waals surface area contributed by atoms with E-state index in [1.165, 1.54) is 55.5 Å². The van der Waals surface area contributed by atoms with E-state index >= 15 is 0 Å². The molecule has 292 valence electrons. The van der Waals surface area contributed by atoms with E-state index in [0.29, 0.717) is 0 Å². The van der Waals surface area contributed by atoms with Crippen LogP contribution in [0.3, 0.4) is 0 Å². The van der Waals surface area contributed by atoms with Gasteiger partial charge in [-0.2, -0.15) is 0 Å². The van der Waals surface area contributed by atoms with Crippen LogP contribution in [0.15, 0.2) is 194 Å². The first-order valence-electron chi connectivity index (χ1n) is 21.4. The zero-order valence-electron chi connectivity index (χ0n) is 35.1. The lowest BCUT2D eigenvalue weighted by Gasteiger charge is -2.29. The number of para-hydroxylation sites is 1. The molecule has 0 amide bonds. The van der Waals surface area contributed by atoms with Gasteiger partial charge in [-0.3, -0.25) is 4.98 Å². The highest BCUT2D eigenvalue weighted by Gasteiger charge is 2.35. The number of aromatic nitrogens is 2. The van der Waals surface area contributed by atoms with Gasteiger partial charge in [-0.05, 0) is 121 Å². The first-order valence-corrected chi connectivity index (χ1v) is 21.4. The summed E-state index contributed by atoms with van der Waals surface area (Å²) < 4.78 is 0. The Kier molecular flexibility index (Phi) is 8.44. The zero-order valence-corrected chi connectivity index (χ0v) is 35.1. The SMILES string of the molecule is C=C1/C=C\C=C/Cc2ccc(-c3cc(-c4ccc(-c5ccnc6ccccc56)cc4)c4cc(-c5ccc6c(c5)C(C)(C)c5ccccc5-6)c5ccccc5c4n3)cc2C1(C)C. The van der Waals surface area contributed by atoms with E-state index < -0.39 is 0 Å². The van der Waals surface area contributed by atoms with E-state index in [4.69, 9.17) is 4.98 Å². The average molecular weight is 783 g/mol. The topological polar surface area (TPSA) is 25.8 Å². The van der Waals surface area contributed by atoms with E-state index in [2.05, 4.69) is 209 Å². The summed E-state index contributed by atoms with van der Waals surface area (Å²) in [5, 5.41) is 4.63. The van der Waals surface area contributed by atoms with Crippen LogP contribution in [-0.4, -0.2) is 9.97 Å². The minimum Gasteiger partial charge on any atom is -0.256 e. The van der Waals surface area contributed by atoms with Crippen LogP contribution >= 0.6 is 0 Å². The van der Waals surface area contributed by atoms with Crippen LogP contribution in [-0.2, 0) is 17.3 Å². The number of benzene rings is 7. The van der Waals surface area contributed by atoms with Crippen molar-refractivity contribution in [3.8, 4) is 55.8 Å². The number of pyridine rings is 2. The van der Waals surface area contributed by atoms with E-state index in [-0.39, 0.29) is 10.8 Å². The molecular formula is C59H46N2. The third kappa shape index (κ3) is 5.92. The third-order valence-corrected chi connectivity index (χ3v) is 13.6. The van der Waals surface area contributed by atoms with Crippen LogP contribution in [0.1, 0.15) is 49.9 Å². The molecule has 0 fully saturated rings. The summed E-state index contributed by atoms with van der Waals surface area (Å²) in [6.07, 6.45) is 11.4. The highest BCUT2D eigenvalue weighted by Crippen LogP contribution is 2.50. The molecule has 0 atom stereocenters. The molecule has 9 aromatic rings. The molecule has 2 heteroatoms. The lowest BCUT2D eigenvalue weighted by Crippen LogP contribution is -2.20. The molecule has 61 heavy (non-hydrogen) atoms. The maximum absolute atomic E-state index is 5.62. The molecule has 0 N–H and O–H groups in total. The fourth-order valence-corrected chi connectivity index (χ4v) is 10.0. The van der Waals surface area contributed by atoms with Gasteiger partial charge < -0.3 is 0 Å². The van der Waals surface area contributed by atoms with Crippen LogP contribution in [0.25, 0.3) is 88.3 Å². The van der Waals surface area contributed by atoms with Gasteiger partial charge in [0.1, 0.15) is 0 Å². The Labute approximate surface area is 358 Å². The van der Waals surface area contributed by atoms with Crippen molar-refractivity contribution in [2.45, 2.75) is 44.9 Å². The number of allylic oxidation sites excluding steroid dienone is 5. The minimum atomic E-state index is -0.256. The predicted octanol–water partition coefficient (Wildman–Crippen LogP) is 15.4. The molecule has 2 aliphatic carbocycles. The summed E-state index contributed by atoms with van der Waals surface area (Å²) in [6, 6.07) is 56.0. The van der Waals surface area contributed by atoms with Crippen LogP contribution in [0.4, 0.5) is 0 Å². The molecule has 0 spiro atoms. The van der Waals surface area contributed by atoms with Gasteiger partial charge in [-0.25, -0.2) is 4.98 Å². The quantitative estimate of drug-likeness (QED) is 0.166. The molecule has 2 aromatic heterocycles. The second-order valence-electron chi connectivity index (χ2n) is 17.8. The van der Waals surface area contributed by atoms with E-state index in [9.17, 15) is 0 Å². The third-order valence-electron chi connectivity index (χ3n) is 13.6. The Morgan fingerprint density at radius 3 is 1.97 bits per heavy atom. The van der Waals surface area contributed by atoms with Gasteiger partial charge in [0.2, 0.25) is 0 Å². The number of hydrogen-bond acceptors (Lipinski definition) is 2. The molecule has 0 unspecified atom stereocenters. The first kappa shape index (κ1) is 36.9. The fraction of sp³-hybridized carbons (Fsp3) is 0.119. The fourth-order valence-electron chi connectivity index (χ4n) is 10.0. The second kappa shape index (κ2) is 14.0. The highest BCUT2D eigenvalue weighted by molar-refractivity contribution is 6.16. The molecule has 0 aliphatic heterocycles. The summed E-state index contributed by atoms with van der Waals surface area (Å²) in [6.45, 7) is 13.8. The Bertz CT molecular complexity index is 3330. The minimum absolute atomic E-state index is 0.0995. The molecule has 7 aromatic carbocycles. The van der Waals surface area contributed by atoms with E-state index in [0.717, 1.165) is 67.1 Å². The lowest BCUT2D eigenvalue weighted by molar-refractivity contribution is 0.635. The Morgan fingerprint density at radius 1 is 0.475 bits per heavy atom. The molecule has 0 radical (unpaired) electrons. The van der Waals surface area contributed by atoms with Gasteiger partial charge in [-0.1, -0.05) is 174 Å². The Hall–Kier alpha value is -7.16. The second-order valence-corrected chi connectivity index (χ2v) is 17.8. The maximum atomic E-state index is 5.62.